The van der Waals surface area contributed by atoms with Crippen LogP contribution in [0.3, 0.4) is 0 Å². The number of anilines is 1. The topological polar surface area (TPSA) is 52.9 Å². The summed E-state index contributed by atoms with van der Waals surface area (Å²) in [5, 5.41) is 11.8. The summed E-state index contributed by atoms with van der Waals surface area (Å²) in [5.74, 6) is 0.299. The van der Waals surface area contributed by atoms with Crippen molar-refractivity contribution < 1.29 is 4.79 Å². The average Bonchev–Trinajstić information content (AvgIpc) is 2.30. The Labute approximate surface area is 115 Å². The van der Waals surface area contributed by atoms with E-state index in [2.05, 4.69) is 39.1 Å². The third-order valence-electron chi connectivity index (χ3n) is 3.61. The lowest BCUT2D eigenvalue weighted by Gasteiger charge is -2.26. The molecule has 1 aromatic carbocycles. The second kappa shape index (κ2) is 5.88. The zero-order valence-corrected chi connectivity index (χ0v) is 12.4. The quantitative estimate of drug-likeness (QED) is 0.894. The van der Waals surface area contributed by atoms with Crippen LogP contribution >= 0.6 is 0 Å². The summed E-state index contributed by atoms with van der Waals surface area (Å²) >= 11 is 0. The third-order valence-corrected chi connectivity index (χ3v) is 3.61. The van der Waals surface area contributed by atoms with Gasteiger partial charge in [-0.15, -0.1) is 0 Å². The number of benzene rings is 1. The molecule has 0 aliphatic carbocycles. The molecule has 0 saturated carbocycles. The van der Waals surface area contributed by atoms with Crippen LogP contribution < -0.4 is 5.32 Å². The highest BCUT2D eigenvalue weighted by molar-refractivity contribution is 5.91. The minimum absolute atomic E-state index is 0.000569. The van der Waals surface area contributed by atoms with Gasteiger partial charge in [-0.3, -0.25) is 4.79 Å². The van der Waals surface area contributed by atoms with E-state index in [-0.39, 0.29) is 11.3 Å². The third kappa shape index (κ3) is 4.40. The summed E-state index contributed by atoms with van der Waals surface area (Å²) in [6.45, 7) is 10.4. The van der Waals surface area contributed by atoms with Gasteiger partial charge in [0.1, 0.15) is 0 Å². The van der Waals surface area contributed by atoms with Crippen molar-refractivity contribution in [1.29, 1.82) is 5.26 Å². The lowest BCUT2D eigenvalue weighted by molar-refractivity contribution is -0.117. The van der Waals surface area contributed by atoms with Gasteiger partial charge >= 0.3 is 0 Å². The van der Waals surface area contributed by atoms with Gasteiger partial charge in [-0.1, -0.05) is 33.8 Å². The van der Waals surface area contributed by atoms with E-state index in [1.807, 2.05) is 13.0 Å². The second-order valence-electron chi connectivity index (χ2n) is 6.16. The Morgan fingerprint density at radius 2 is 2.05 bits per heavy atom. The van der Waals surface area contributed by atoms with E-state index < -0.39 is 0 Å². The molecule has 1 aromatic rings. The van der Waals surface area contributed by atoms with Crippen LogP contribution in [0.2, 0.25) is 0 Å². The molecule has 1 unspecified atom stereocenters. The molecule has 1 rings (SSSR count). The molecule has 1 amide bonds. The first kappa shape index (κ1) is 15.2. The maximum absolute atomic E-state index is 12.0. The van der Waals surface area contributed by atoms with Crippen molar-refractivity contribution in [2.24, 2.45) is 11.3 Å². The SMILES string of the molecule is Cc1ccc(C#N)cc1NC(=O)CC(C)C(C)(C)C. The molecule has 0 saturated heterocycles. The Balaban J connectivity index is 2.75. The van der Waals surface area contributed by atoms with E-state index in [9.17, 15) is 4.79 Å². The van der Waals surface area contributed by atoms with Gasteiger partial charge in [0.2, 0.25) is 5.91 Å². The van der Waals surface area contributed by atoms with E-state index in [4.69, 9.17) is 5.26 Å². The zero-order chi connectivity index (χ0) is 14.6. The Kier molecular flexibility index (Phi) is 4.72. The maximum Gasteiger partial charge on any atom is 0.224 e. The molecule has 1 N–H and O–H groups in total. The van der Waals surface area contributed by atoms with Crippen molar-refractivity contribution in [1.82, 2.24) is 0 Å². The van der Waals surface area contributed by atoms with Crippen molar-refractivity contribution in [2.75, 3.05) is 5.32 Å². The number of carbonyl (C=O) groups excluding carboxylic acids is 1. The highest BCUT2D eigenvalue weighted by Crippen LogP contribution is 2.28. The van der Waals surface area contributed by atoms with E-state index in [1.54, 1.807) is 12.1 Å². The summed E-state index contributed by atoms with van der Waals surface area (Å²) in [6.07, 6.45) is 0.486. The molecule has 102 valence electrons. The van der Waals surface area contributed by atoms with Crippen LogP contribution in [0.5, 0.6) is 0 Å². The van der Waals surface area contributed by atoms with Crippen LogP contribution in [0.25, 0.3) is 0 Å². The van der Waals surface area contributed by atoms with Gasteiger partial charge in [-0.05, 0) is 36.0 Å². The lowest BCUT2D eigenvalue weighted by atomic mass is 9.80. The molecular weight excluding hydrogens is 236 g/mol. The smallest absolute Gasteiger partial charge is 0.224 e. The van der Waals surface area contributed by atoms with Gasteiger partial charge in [0.05, 0.1) is 11.6 Å². The molecule has 0 aliphatic heterocycles. The van der Waals surface area contributed by atoms with E-state index in [1.165, 1.54) is 0 Å². The number of rotatable bonds is 3. The van der Waals surface area contributed by atoms with Gasteiger partial charge in [0.25, 0.3) is 0 Å². The van der Waals surface area contributed by atoms with Crippen LogP contribution in [0.15, 0.2) is 18.2 Å². The van der Waals surface area contributed by atoms with Crippen LogP contribution in [0.1, 0.15) is 45.2 Å². The van der Waals surface area contributed by atoms with Gasteiger partial charge in [-0.2, -0.15) is 5.26 Å². The minimum Gasteiger partial charge on any atom is -0.326 e. The number of nitrogens with zero attached hydrogens (tertiary/aromatic N) is 1. The standard InChI is InChI=1S/C16H22N2O/c1-11-6-7-13(10-17)9-14(11)18-15(19)8-12(2)16(3,4)5/h6-7,9,12H,8H2,1-5H3,(H,18,19). The number of aryl methyl sites for hydroxylation is 1. The van der Waals surface area contributed by atoms with Gasteiger partial charge < -0.3 is 5.32 Å². The number of nitriles is 1. The van der Waals surface area contributed by atoms with Crippen molar-refractivity contribution in [3.63, 3.8) is 0 Å². The fourth-order valence-corrected chi connectivity index (χ4v) is 1.61. The van der Waals surface area contributed by atoms with Crippen LogP contribution in [-0.4, -0.2) is 5.91 Å². The van der Waals surface area contributed by atoms with E-state index >= 15 is 0 Å². The number of nitrogens with one attached hydrogen (secondary N) is 1. The number of carbonyl (C=O) groups is 1. The summed E-state index contributed by atoms with van der Waals surface area (Å²) in [6, 6.07) is 7.40. The van der Waals surface area contributed by atoms with Crippen molar-refractivity contribution in [2.45, 2.75) is 41.0 Å². The summed E-state index contributed by atoms with van der Waals surface area (Å²) in [7, 11) is 0. The number of amides is 1. The van der Waals surface area contributed by atoms with Crippen LogP contribution in [0, 0.1) is 29.6 Å². The molecule has 0 radical (unpaired) electrons. The summed E-state index contributed by atoms with van der Waals surface area (Å²) in [4.78, 5) is 12.0. The fourth-order valence-electron chi connectivity index (χ4n) is 1.61. The average molecular weight is 258 g/mol. The highest BCUT2D eigenvalue weighted by atomic mass is 16.1. The number of hydrogen-bond acceptors (Lipinski definition) is 2. The highest BCUT2D eigenvalue weighted by Gasteiger charge is 2.22. The summed E-state index contributed by atoms with van der Waals surface area (Å²) < 4.78 is 0. The van der Waals surface area contributed by atoms with Crippen molar-refractivity contribution in [3.8, 4) is 6.07 Å². The predicted octanol–water partition coefficient (Wildman–Crippen LogP) is 3.88. The van der Waals surface area contributed by atoms with Gasteiger partial charge in [0, 0.05) is 12.1 Å². The van der Waals surface area contributed by atoms with E-state index in [0.29, 0.717) is 17.9 Å². The number of hydrogen-bond donors (Lipinski definition) is 1. The Morgan fingerprint density at radius 1 is 1.42 bits per heavy atom. The molecule has 0 bridgehead atoms. The molecule has 3 nitrogen and oxygen atoms in total. The van der Waals surface area contributed by atoms with E-state index in [0.717, 1.165) is 11.3 Å². The first-order chi connectivity index (χ1) is 8.74. The Bertz CT molecular complexity index is 506. The minimum atomic E-state index is 0.000569. The monoisotopic (exact) mass is 258 g/mol. The maximum atomic E-state index is 12.0. The van der Waals surface area contributed by atoms with Crippen LogP contribution in [-0.2, 0) is 4.79 Å². The Hall–Kier alpha value is -1.82. The normalized spacial score (nSPS) is 12.6. The fraction of sp³-hybridized carbons (Fsp3) is 0.500. The van der Waals surface area contributed by atoms with Crippen molar-refractivity contribution in [3.05, 3.63) is 29.3 Å². The summed E-state index contributed by atoms with van der Waals surface area (Å²) in [5.41, 5.74) is 2.37. The molecule has 0 aromatic heterocycles. The first-order valence-electron chi connectivity index (χ1n) is 6.54. The van der Waals surface area contributed by atoms with Gasteiger partial charge in [0.15, 0.2) is 0 Å². The second-order valence-corrected chi connectivity index (χ2v) is 6.16. The molecule has 0 fully saturated rings. The Morgan fingerprint density at radius 3 is 2.58 bits per heavy atom. The molecule has 0 spiro atoms. The molecule has 0 heterocycles. The molecular formula is C16H22N2O. The van der Waals surface area contributed by atoms with Crippen LogP contribution in [0.4, 0.5) is 5.69 Å². The van der Waals surface area contributed by atoms with Crippen molar-refractivity contribution >= 4 is 11.6 Å². The van der Waals surface area contributed by atoms with Gasteiger partial charge in [-0.25, -0.2) is 0 Å². The first-order valence-corrected chi connectivity index (χ1v) is 6.54. The molecule has 0 aliphatic rings. The molecule has 19 heavy (non-hydrogen) atoms. The molecule has 1 atom stereocenters. The lowest BCUT2D eigenvalue weighted by Crippen LogP contribution is -2.24. The largest absolute Gasteiger partial charge is 0.326 e. The predicted molar refractivity (Wildman–Crippen MR) is 77.8 cm³/mol. The molecule has 3 heteroatoms. The zero-order valence-electron chi connectivity index (χ0n) is 12.4.